The van der Waals surface area contributed by atoms with Crippen LogP contribution in [0.2, 0.25) is 10.0 Å². The van der Waals surface area contributed by atoms with Crippen molar-refractivity contribution in [1.82, 2.24) is 5.32 Å². The zero-order valence-corrected chi connectivity index (χ0v) is 22.8. The third-order valence-electron chi connectivity index (χ3n) is 5.54. The lowest BCUT2D eigenvalue weighted by atomic mass is 10.1. The summed E-state index contributed by atoms with van der Waals surface area (Å²) in [6, 6.07) is 24.2. The monoisotopic (exact) mass is 599 g/mol. The molecule has 36 heavy (non-hydrogen) atoms. The van der Waals surface area contributed by atoms with Gasteiger partial charge in [-0.05, 0) is 60.4 Å². The van der Waals surface area contributed by atoms with Gasteiger partial charge in [0.1, 0.15) is 16.7 Å². The number of amides is 2. The Balaban J connectivity index is 1.62. The van der Waals surface area contributed by atoms with Crippen LogP contribution >= 0.6 is 50.9 Å². The van der Waals surface area contributed by atoms with Gasteiger partial charge < -0.3 is 5.32 Å². The van der Waals surface area contributed by atoms with E-state index in [0.29, 0.717) is 40.1 Å². The summed E-state index contributed by atoms with van der Waals surface area (Å²) >= 11 is 16.8. The summed E-state index contributed by atoms with van der Waals surface area (Å²) in [6.45, 7) is 0.366. The van der Waals surface area contributed by atoms with E-state index in [0.717, 1.165) is 15.6 Å². The molecule has 0 bridgehead atoms. The Morgan fingerprint density at radius 1 is 1.03 bits per heavy atom. The first-order valence-corrected chi connectivity index (χ1v) is 13.5. The summed E-state index contributed by atoms with van der Waals surface area (Å²) in [5.41, 5.74) is 2.39. The number of nitriles is 1. The van der Waals surface area contributed by atoms with Crippen LogP contribution in [0.3, 0.4) is 0 Å². The van der Waals surface area contributed by atoms with Crippen LogP contribution < -0.4 is 10.2 Å². The van der Waals surface area contributed by atoms with Gasteiger partial charge in [-0.25, -0.2) is 0 Å². The van der Waals surface area contributed by atoms with Crippen LogP contribution in [0.4, 0.5) is 5.69 Å². The lowest BCUT2D eigenvalue weighted by molar-refractivity contribution is -0.117. The highest BCUT2D eigenvalue weighted by atomic mass is 79.9. The van der Waals surface area contributed by atoms with Crippen molar-refractivity contribution in [3.8, 4) is 6.07 Å². The minimum Gasteiger partial charge on any atom is -0.351 e. The third kappa shape index (κ3) is 6.13. The molecule has 0 aromatic heterocycles. The van der Waals surface area contributed by atoms with E-state index in [1.165, 1.54) is 16.7 Å². The van der Waals surface area contributed by atoms with E-state index in [2.05, 4.69) is 21.2 Å². The number of anilines is 1. The van der Waals surface area contributed by atoms with Crippen LogP contribution in [0.25, 0.3) is 0 Å². The van der Waals surface area contributed by atoms with E-state index in [1.54, 1.807) is 24.3 Å². The number of nitrogens with zero attached hydrogens (tertiary/aromatic N) is 2. The standard InChI is InChI=1S/C27H20BrCl2N3O2S/c28-19-7-9-20(10-8-19)33-26(35)24(15-18-6-11-22(29)23(30)14-18)36-27(33)21(16-31)25(34)32-13-12-17-4-2-1-3-5-17/h1-11,14,24H,12-13,15H2,(H,32,34)/b27-21-. The summed E-state index contributed by atoms with van der Waals surface area (Å²) in [5.74, 6) is -0.728. The Morgan fingerprint density at radius 3 is 2.42 bits per heavy atom. The molecule has 4 rings (SSSR count). The Hall–Kier alpha value is -2.76. The van der Waals surface area contributed by atoms with Crippen molar-refractivity contribution >= 4 is 68.4 Å². The van der Waals surface area contributed by atoms with Gasteiger partial charge in [-0.15, -0.1) is 0 Å². The van der Waals surface area contributed by atoms with Gasteiger partial charge in [-0.1, -0.05) is 87.3 Å². The number of hydrogen-bond acceptors (Lipinski definition) is 4. The molecule has 1 atom stereocenters. The van der Waals surface area contributed by atoms with Crippen LogP contribution in [0.1, 0.15) is 11.1 Å². The van der Waals surface area contributed by atoms with Crippen molar-refractivity contribution in [2.75, 3.05) is 11.4 Å². The van der Waals surface area contributed by atoms with E-state index >= 15 is 0 Å². The van der Waals surface area contributed by atoms with Crippen molar-refractivity contribution < 1.29 is 9.59 Å². The molecule has 1 fully saturated rings. The molecule has 1 N–H and O–H groups in total. The maximum absolute atomic E-state index is 13.6. The smallest absolute Gasteiger partial charge is 0.264 e. The number of rotatable bonds is 7. The molecular weight excluding hydrogens is 581 g/mol. The minimum absolute atomic E-state index is 0.0963. The molecule has 0 radical (unpaired) electrons. The fraction of sp³-hybridized carbons (Fsp3) is 0.148. The molecule has 9 heteroatoms. The maximum atomic E-state index is 13.6. The number of benzene rings is 3. The third-order valence-corrected chi connectivity index (χ3v) is 8.07. The maximum Gasteiger partial charge on any atom is 0.264 e. The van der Waals surface area contributed by atoms with E-state index in [9.17, 15) is 14.9 Å². The second kappa shape index (κ2) is 12.0. The number of thioether (sulfide) groups is 1. The van der Waals surface area contributed by atoms with Crippen molar-refractivity contribution in [1.29, 1.82) is 5.26 Å². The largest absolute Gasteiger partial charge is 0.351 e. The Labute approximate surface area is 232 Å². The van der Waals surface area contributed by atoms with Gasteiger partial charge in [0.25, 0.3) is 5.91 Å². The molecule has 0 spiro atoms. The quantitative estimate of drug-likeness (QED) is 0.247. The summed E-state index contributed by atoms with van der Waals surface area (Å²) in [5, 5.41) is 13.4. The summed E-state index contributed by atoms with van der Waals surface area (Å²) in [6.07, 6.45) is 0.994. The molecular formula is C27H20BrCl2N3O2S. The Kier molecular flexibility index (Phi) is 8.76. The molecule has 1 aliphatic heterocycles. The van der Waals surface area contributed by atoms with Gasteiger partial charge >= 0.3 is 0 Å². The zero-order valence-electron chi connectivity index (χ0n) is 18.9. The number of carbonyl (C=O) groups is 2. The minimum atomic E-state index is -0.540. The SMILES string of the molecule is N#C/C(C(=O)NCCc1ccccc1)=C1/SC(Cc2ccc(Cl)c(Cl)c2)C(=O)N1c1ccc(Br)cc1. The van der Waals surface area contributed by atoms with E-state index in [4.69, 9.17) is 23.2 Å². The second-order valence-corrected chi connectivity index (χ2v) is 10.9. The number of halogens is 3. The van der Waals surface area contributed by atoms with Gasteiger partial charge in [0.2, 0.25) is 5.91 Å². The lowest BCUT2D eigenvalue weighted by Crippen LogP contribution is -2.32. The zero-order chi connectivity index (χ0) is 25.7. The molecule has 1 unspecified atom stereocenters. The topological polar surface area (TPSA) is 73.2 Å². The lowest BCUT2D eigenvalue weighted by Gasteiger charge is -2.19. The molecule has 1 saturated heterocycles. The Morgan fingerprint density at radius 2 is 1.75 bits per heavy atom. The van der Waals surface area contributed by atoms with E-state index in [1.807, 2.05) is 54.6 Å². The van der Waals surface area contributed by atoms with E-state index < -0.39 is 11.2 Å². The average Bonchev–Trinajstić information content (AvgIpc) is 3.18. The highest BCUT2D eigenvalue weighted by Crippen LogP contribution is 2.42. The molecule has 3 aromatic rings. The van der Waals surface area contributed by atoms with Crippen LogP contribution in [-0.4, -0.2) is 23.6 Å². The molecule has 5 nitrogen and oxygen atoms in total. The first kappa shape index (κ1) is 26.3. The highest BCUT2D eigenvalue weighted by molar-refractivity contribution is 9.10. The highest BCUT2D eigenvalue weighted by Gasteiger charge is 2.40. The summed E-state index contributed by atoms with van der Waals surface area (Å²) in [4.78, 5) is 28.1. The molecule has 1 heterocycles. The number of hydrogen-bond donors (Lipinski definition) is 1. The molecule has 182 valence electrons. The first-order chi connectivity index (χ1) is 17.4. The fourth-order valence-electron chi connectivity index (χ4n) is 3.75. The Bertz CT molecular complexity index is 1360. The summed E-state index contributed by atoms with van der Waals surface area (Å²) in [7, 11) is 0. The summed E-state index contributed by atoms with van der Waals surface area (Å²) < 4.78 is 0.850. The fourth-order valence-corrected chi connectivity index (χ4v) is 5.64. The molecule has 1 aliphatic rings. The predicted octanol–water partition coefficient (Wildman–Crippen LogP) is 6.54. The number of carbonyl (C=O) groups excluding carboxylic acids is 2. The van der Waals surface area contributed by atoms with Gasteiger partial charge in [-0.2, -0.15) is 5.26 Å². The van der Waals surface area contributed by atoms with Crippen LogP contribution in [0, 0.1) is 11.3 Å². The normalized spacial score (nSPS) is 16.6. The second-order valence-electron chi connectivity index (χ2n) is 7.99. The molecule has 0 saturated carbocycles. The van der Waals surface area contributed by atoms with E-state index in [-0.39, 0.29) is 11.5 Å². The van der Waals surface area contributed by atoms with Crippen molar-refractivity contribution in [3.63, 3.8) is 0 Å². The van der Waals surface area contributed by atoms with Crippen molar-refractivity contribution in [2.24, 2.45) is 0 Å². The van der Waals surface area contributed by atoms with Crippen LogP contribution in [0.15, 0.2) is 87.9 Å². The molecule has 2 amide bonds. The van der Waals surface area contributed by atoms with Crippen molar-refractivity contribution in [3.05, 3.63) is 109 Å². The average molecular weight is 601 g/mol. The van der Waals surface area contributed by atoms with Gasteiger partial charge in [0.05, 0.1) is 15.3 Å². The van der Waals surface area contributed by atoms with Gasteiger partial charge in [0.15, 0.2) is 0 Å². The number of nitrogens with one attached hydrogen (secondary N) is 1. The molecule has 3 aromatic carbocycles. The predicted molar refractivity (Wildman–Crippen MR) is 149 cm³/mol. The van der Waals surface area contributed by atoms with Crippen LogP contribution in [0.5, 0.6) is 0 Å². The molecule has 0 aliphatic carbocycles. The van der Waals surface area contributed by atoms with Crippen molar-refractivity contribution in [2.45, 2.75) is 18.1 Å². The first-order valence-electron chi connectivity index (χ1n) is 11.0. The van der Waals surface area contributed by atoms with Gasteiger partial charge in [0, 0.05) is 16.7 Å². The van der Waals surface area contributed by atoms with Crippen LogP contribution in [-0.2, 0) is 22.4 Å². The van der Waals surface area contributed by atoms with Gasteiger partial charge in [-0.3, -0.25) is 14.5 Å².